The van der Waals surface area contributed by atoms with Crippen molar-refractivity contribution in [2.45, 2.75) is 39.3 Å². The van der Waals surface area contributed by atoms with Crippen molar-refractivity contribution in [3.63, 3.8) is 0 Å². The van der Waals surface area contributed by atoms with Crippen LogP contribution in [0.5, 0.6) is 0 Å². The maximum absolute atomic E-state index is 4.23. The molecule has 0 aromatic carbocycles. The van der Waals surface area contributed by atoms with Crippen molar-refractivity contribution < 1.29 is 0 Å². The van der Waals surface area contributed by atoms with Gasteiger partial charge in [-0.1, -0.05) is 13.8 Å². The van der Waals surface area contributed by atoms with Crippen molar-refractivity contribution in [2.24, 2.45) is 13.0 Å². The van der Waals surface area contributed by atoms with E-state index in [1.54, 1.807) is 0 Å². The fraction of sp³-hybridized carbons (Fsp3) is 0.786. The van der Waals surface area contributed by atoms with E-state index in [1.165, 1.54) is 5.69 Å². The molecule has 0 spiro atoms. The number of rotatable bonds is 4. The molecule has 102 valence electrons. The van der Waals surface area contributed by atoms with Gasteiger partial charge in [0.25, 0.3) is 0 Å². The molecule has 18 heavy (non-hydrogen) atoms. The summed E-state index contributed by atoms with van der Waals surface area (Å²) in [6.45, 7) is 10.3. The predicted molar refractivity (Wildman–Crippen MR) is 74.6 cm³/mol. The molecule has 2 rings (SSSR count). The Labute approximate surface area is 110 Å². The minimum absolute atomic E-state index is 0.632. The molecule has 1 aromatic heterocycles. The van der Waals surface area contributed by atoms with Crippen LogP contribution in [0.25, 0.3) is 0 Å². The van der Waals surface area contributed by atoms with Gasteiger partial charge in [-0.3, -0.25) is 9.58 Å². The van der Waals surface area contributed by atoms with E-state index in [0.717, 1.165) is 26.1 Å². The molecule has 1 N–H and O–H groups in total. The molecule has 1 aromatic rings. The summed E-state index contributed by atoms with van der Waals surface area (Å²) in [5.74, 6) is 0.705. The highest BCUT2D eigenvalue weighted by Crippen LogP contribution is 2.13. The number of hydrogen-bond donors (Lipinski definition) is 1. The average molecular weight is 250 g/mol. The number of piperazine rings is 1. The topological polar surface area (TPSA) is 33.1 Å². The van der Waals surface area contributed by atoms with E-state index < -0.39 is 0 Å². The van der Waals surface area contributed by atoms with Gasteiger partial charge < -0.3 is 5.32 Å². The molecule has 0 radical (unpaired) electrons. The standard InChI is InChI=1S/C14H26N4/c1-11(2)14-10-18(12(3)9-15-14)8-6-13-5-7-16-17(13)4/h5,7,11-12,14-15H,6,8-10H2,1-4H3. The van der Waals surface area contributed by atoms with Crippen molar-refractivity contribution in [1.29, 1.82) is 0 Å². The summed E-state index contributed by atoms with van der Waals surface area (Å²) < 4.78 is 1.98. The minimum atomic E-state index is 0.632. The largest absolute Gasteiger partial charge is 0.311 e. The van der Waals surface area contributed by atoms with Crippen molar-refractivity contribution in [3.05, 3.63) is 18.0 Å². The fourth-order valence-electron chi connectivity index (χ4n) is 2.61. The summed E-state index contributed by atoms with van der Waals surface area (Å²) in [5, 5.41) is 7.87. The monoisotopic (exact) mass is 250 g/mol. The number of nitrogens with zero attached hydrogens (tertiary/aromatic N) is 3. The average Bonchev–Trinajstić information content (AvgIpc) is 2.73. The van der Waals surface area contributed by atoms with Crippen LogP contribution in [0.1, 0.15) is 26.5 Å². The van der Waals surface area contributed by atoms with E-state index in [2.05, 4.69) is 42.2 Å². The van der Waals surface area contributed by atoms with Crippen LogP contribution in [0.15, 0.2) is 12.3 Å². The van der Waals surface area contributed by atoms with Crippen LogP contribution >= 0.6 is 0 Å². The number of nitrogens with one attached hydrogen (secondary N) is 1. The molecule has 1 aliphatic heterocycles. The molecule has 4 nitrogen and oxygen atoms in total. The van der Waals surface area contributed by atoms with Crippen molar-refractivity contribution in [1.82, 2.24) is 20.0 Å². The third-order valence-electron chi connectivity index (χ3n) is 4.11. The molecule has 0 aliphatic carbocycles. The van der Waals surface area contributed by atoms with Gasteiger partial charge in [0, 0.05) is 57.1 Å². The molecule has 0 amide bonds. The number of hydrogen-bond acceptors (Lipinski definition) is 3. The Balaban J connectivity index is 1.89. The predicted octanol–water partition coefficient (Wildman–Crippen LogP) is 1.28. The first-order chi connectivity index (χ1) is 8.58. The van der Waals surface area contributed by atoms with Crippen LogP contribution in [0, 0.1) is 5.92 Å². The number of aromatic nitrogens is 2. The van der Waals surface area contributed by atoms with E-state index in [-0.39, 0.29) is 0 Å². The van der Waals surface area contributed by atoms with Crippen LogP contribution in [-0.2, 0) is 13.5 Å². The quantitative estimate of drug-likeness (QED) is 0.874. The zero-order valence-corrected chi connectivity index (χ0v) is 12.1. The van der Waals surface area contributed by atoms with E-state index >= 15 is 0 Å². The van der Waals surface area contributed by atoms with Crippen LogP contribution < -0.4 is 5.32 Å². The Bertz CT molecular complexity index is 372. The minimum Gasteiger partial charge on any atom is -0.311 e. The summed E-state index contributed by atoms with van der Waals surface area (Å²) in [5.41, 5.74) is 1.32. The van der Waals surface area contributed by atoms with Crippen LogP contribution in [0.2, 0.25) is 0 Å². The first-order valence-electron chi connectivity index (χ1n) is 7.02. The van der Waals surface area contributed by atoms with Gasteiger partial charge in [-0.25, -0.2) is 0 Å². The second-order valence-electron chi connectivity index (χ2n) is 5.80. The molecular formula is C14H26N4. The molecular weight excluding hydrogens is 224 g/mol. The third kappa shape index (κ3) is 3.12. The van der Waals surface area contributed by atoms with Gasteiger partial charge in [0.15, 0.2) is 0 Å². The summed E-state index contributed by atoms with van der Waals surface area (Å²) in [4.78, 5) is 2.61. The van der Waals surface area contributed by atoms with Gasteiger partial charge in [0.05, 0.1) is 0 Å². The molecule has 2 atom stereocenters. The van der Waals surface area contributed by atoms with Crippen LogP contribution in [0.3, 0.4) is 0 Å². The Kier molecular flexibility index (Phi) is 4.40. The van der Waals surface area contributed by atoms with Gasteiger partial charge >= 0.3 is 0 Å². The van der Waals surface area contributed by atoms with Crippen LogP contribution in [-0.4, -0.2) is 46.4 Å². The molecule has 0 bridgehead atoms. The Morgan fingerprint density at radius 1 is 1.50 bits per heavy atom. The summed E-state index contributed by atoms with van der Waals surface area (Å²) in [6.07, 6.45) is 2.97. The molecule has 0 saturated carbocycles. The summed E-state index contributed by atoms with van der Waals surface area (Å²) >= 11 is 0. The maximum Gasteiger partial charge on any atom is 0.0492 e. The molecule has 1 aliphatic rings. The lowest BCUT2D eigenvalue weighted by Crippen LogP contribution is -2.57. The molecule has 1 saturated heterocycles. The zero-order valence-electron chi connectivity index (χ0n) is 12.1. The lowest BCUT2D eigenvalue weighted by atomic mass is 9.99. The van der Waals surface area contributed by atoms with Gasteiger partial charge in [0.1, 0.15) is 0 Å². The highest BCUT2D eigenvalue weighted by atomic mass is 15.3. The maximum atomic E-state index is 4.23. The smallest absolute Gasteiger partial charge is 0.0492 e. The Morgan fingerprint density at radius 3 is 2.89 bits per heavy atom. The normalized spacial score (nSPS) is 25.8. The van der Waals surface area contributed by atoms with Crippen molar-refractivity contribution in [2.75, 3.05) is 19.6 Å². The van der Waals surface area contributed by atoms with Crippen LogP contribution in [0.4, 0.5) is 0 Å². The lowest BCUT2D eigenvalue weighted by Gasteiger charge is -2.40. The van der Waals surface area contributed by atoms with Gasteiger partial charge in [-0.05, 0) is 18.9 Å². The van der Waals surface area contributed by atoms with Crippen molar-refractivity contribution >= 4 is 0 Å². The molecule has 1 fully saturated rings. The second kappa shape index (κ2) is 5.85. The van der Waals surface area contributed by atoms with Gasteiger partial charge in [-0.15, -0.1) is 0 Å². The highest BCUT2D eigenvalue weighted by molar-refractivity contribution is 5.01. The summed E-state index contributed by atoms with van der Waals surface area (Å²) in [6, 6.07) is 3.38. The highest BCUT2D eigenvalue weighted by Gasteiger charge is 2.26. The SMILES string of the molecule is CC(C)C1CN(CCc2ccnn2C)C(C)CN1. The van der Waals surface area contributed by atoms with E-state index in [0.29, 0.717) is 18.0 Å². The fourth-order valence-corrected chi connectivity index (χ4v) is 2.61. The Hall–Kier alpha value is -0.870. The second-order valence-corrected chi connectivity index (χ2v) is 5.80. The zero-order chi connectivity index (χ0) is 13.1. The van der Waals surface area contributed by atoms with Gasteiger partial charge in [0.2, 0.25) is 0 Å². The number of aryl methyl sites for hydroxylation is 1. The van der Waals surface area contributed by atoms with E-state index in [9.17, 15) is 0 Å². The van der Waals surface area contributed by atoms with Gasteiger partial charge in [-0.2, -0.15) is 5.10 Å². The lowest BCUT2D eigenvalue weighted by molar-refractivity contribution is 0.124. The molecule has 2 unspecified atom stereocenters. The molecule has 2 heterocycles. The van der Waals surface area contributed by atoms with E-state index in [1.807, 2.05) is 17.9 Å². The van der Waals surface area contributed by atoms with Crippen molar-refractivity contribution in [3.8, 4) is 0 Å². The third-order valence-corrected chi connectivity index (χ3v) is 4.11. The Morgan fingerprint density at radius 2 is 2.28 bits per heavy atom. The molecule has 4 heteroatoms. The first-order valence-corrected chi connectivity index (χ1v) is 7.02. The summed E-state index contributed by atoms with van der Waals surface area (Å²) in [7, 11) is 2.02. The first kappa shape index (κ1) is 13.6. The van der Waals surface area contributed by atoms with E-state index in [4.69, 9.17) is 0 Å².